The second-order valence-corrected chi connectivity index (χ2v) is 4.64. The molecule has 0 bridgehead atoms. The summed E-state index contributed by atoms with van der Waals surface area (Å²) in [5.41, 5.74) is 6.91. The highest BCUT2D eigenvalue weighted by Gasteiger charge is 2.18. The standard InChI is InChI=1S/C12H17ClN2/c13-11-3-1-2-4-12(11)15-10-7-5-9(14)6-8-10/h1-4,9-10,15H,5-8,14H2. The van der Waals surface area contributed by atoms with Crippen molar-refractivity contribution in [3.63, 3.8) is 0 Å². The van der Waals surface area contributed by atoms with Crippen LogP contribution in [-0.2, 0) is 0 Å². The molecule has 2 rings (SSSR count). The molecule has 1 aliphatic carbocycles. The minimum atomic E-state index is 0.397. The molecule has 2 nitrogen and oxygen atoms in total. The van der Waals surface area contributed by atoms with E-state index in [0.717, 1.165) is 36.4 Å². The molecule has 0 atom stereocenters. The molecule has 0 spiro atoms. The maximum atomic E-state index is 6.08. The SMILES string of the molecule is NC1CCC(Nc2ccccc2Cl)CC1. The predicted octanol–water partition coefficient (Wildman–Crippen LogP) is 3.02. The summed E-state index contributed by atoms with van der Waals surface area (Å²) in [6.07, 6.45) is 4.52. The smallest absolute Gasteiger partial charge is 0.0637 e. The van der Waals surface area contributed by atoms with E-state index >= 15 is 0 Å². The van der Waals surface area contributed by atoms with E-state index in [1.165, 1.54) is 0 Å². The van der Waals surface area contributed by atoms with Gasteiger partial charge in [0.05, 0.1) is 10.7 Å². The zero-order valence-corrected chi connectivity index (χ0v) is 9.50. The first-order chi connectivity index (χ1) is 7.25. The Morgan fingerprint density at radius 2 is 1.80 bits per heavy atom. The van der Waals surface area contributed by atoms with Crippen molar-refractivity contribution in [3.05, 3.63) is 29.3 Å². The summed E-state index contributed by atoms with van der Waals surface area (Å²) in [5.74, 6) is 0. The number of nitrogens with two attached hydrogens (primary N) is 1. The fourth-order valence-corrected chi connectivity index (χ4v) is 2.25. The van der Waals surface area contributed by atoms with Crippen LogP contribution in [0.2, 0.25) is 5.02 Å². The van der Waals surface area contributed by atoms with Crippen LogP contribution in [0.5, 0.6) is 0 Å². The molecule has 0 amide bonds. The Morgan fingerprint density at radius 3 is 2.47 bits per heavy atom. The van der Waals surface area contributed by atoms with Gasteiger partial charge in [0.15, 0.2) is 0 Å². The zero-order chi connectivity index (χ0) is 10.7. The van der Waals surface area contributed by atoms with Gasteiger partial charge in [-0.05, 0) is 37.8 Å². The van der Waals surface area contributed by atoms with Gasteiger partial charge in [-0.2, -0.15) is 0 Å². The summed E-state index contributed by atoms with van der Waals surface area (Å²) in [7, 11) is 0. The van der Waals surface area contributed by atoms with Crippen LogP contribution in [0.4, 0.5) is 5.69 Å². The second-order valence-electron chi connectivity index (χ2n) is 4.24. The molecule has 1 aliphatic rings. The van der Waals surface area contributed by atoms with Gasteiger partial charge < -0.3 is 11.1 Å². The fourth-order valence-electron chi connectivity index (χ4n) is 2.06. The third-order valence-electron chi connectivity index (χ3n) is 3.01. The number of hydrogen-bond donors (Lipinski definition) is 2. The molecule has 3 N–H and O–H groups in total. The summed E-state index contributed by atoms with van der Waals surface area (Å²) < 4.78 is 0. The molecule has 1 fully saturated rings. The zero-order valence-electron chi connectivity index (χ0n) is 8.75. The van der Waals surface area contributed by atoms with E-state index in [9.17, 15) is 0 Å². The van der Waals surface area contributed by atoms with Gasteiger partial charge in [0.2, 0.25) is 0 Å². The fraction of sp³-hybridized carbons (Fsp3) is 0.500. The van der Waals surface area contributed by atoms with Crippen LogP contribution in [-0.4, -0.2) is 12.1 Å². The molecule has 0 heterocycles. The van der Waals surface area contributed by atoms with Crippen LogP contribution in [0.15, 0.2) is 24.3 Å². The molecule has 1 aromatic carbocycles. The van der Waals surface area contributed by atoms with Crippen molar-refractivity contribution < 1.29 is 0 Å². The molecule has 0 saturated heterocycles. The number of anilines is 1. The van der Waals surface area contributed by atoms with Crippen molar-refractivity contribution in [2.24, 2.45) is 5.73 Å². The first kappa shape index (κ1) is 10.8. The van der Waals surface area contributed by atoms with E-state index in [-0.39, 0.29) is 0 Å². The Kier molecular flexibility index (Phi) is 3.49. The minimum Gasteiger partial charge on any atom is -0.381 e. The summed E-state index contributed by atoms with van der Waals surface area (Å²) in [6.45, 7) is 0. The second kappa shape index (κ2) is 4.86. The lowest BCUT2D eigenvalue weighted by Crippen LogP contribution is -2.32. The highest BCUT2D eigenvalue weighted by Crippen LogP contribution is 2.25. The highest BCUT2D eigenvalue weighted by molar-refractivity contribution is 6.33. The molecular weight excluding hydrogens is 208 g/mol. The Labute approximate surface area is 95.8 Å². The van der Waals surface area contributed by atoms with Crippen molar-refractivity contribution >= 4 is 17.3 Å². The van der Waals surface area contributed by atoms with E-state index in [1.807, 2.05) is 24.3 Å². The first-order valence-corrected chi connectivity index (χ1v) is 5.90. The van der Waals surface area contributed by atoms with Crippen LogP contribution in [0.25, 0.3) is 0 Å². The molecular formula is C12H17ClN2. The van der Waals surface area contributed by atoms with E-state index in [1.54, 1.807) is 0 Å². The van der Waals surface area contributed by atoms with E-state index in [0.29, 0.717) is 12.1 Å². The van der Waals surface area contributed by atoms with E-state index in [4.69, 9.17) is 17.3 Å². The van der Waals surface area contributed by atoms with Crippen LogP contribution < -0.4 is 11.1 Å². The maximum Gasteiger partial charge on any atom is 0.0637 e. The van der Waals surface area contributed by atoms with E-state index < -0.39 is 0 Å². The molecule has 0 unspecified atom stereocenters. The van der Waals surface area contributed by atoms with Gasteiger partial charge in [0.25, 0.3) is 0 Å². The van der Waals surface area contributed by atoms with E-state index in [2.05, 4.69) is 5.32 Å². The van der Waals surface area contributed by atoms with Crippen LogP contribution in [0, 0.1) is 0 Å². The minimum absolute atomic E-state index is 0.397. The van der Waals surface area contributed by atoms with Crippen molar-refractivity contribution in [1.82, 2.24) is 0 Å². The van der Waals surface area contributed by atoms with Gasteiger partial charge in [-0.3, -0.25) is 0 Å². The predicted molar refractivity (Wildman–Crippen MR) is 65.3 cm³/mol. The quantitative estimate of drug-likeness (QED) is 0.811. The van der Waals surface area contributed by atoms with Crippen LogP contribution in [0.1, 0.15) is 25.7 Å². The molecule has 1 aromatic rings. The Hall–Kier alpha value is -0.730. The number of benzene rings is 1. The normalized spacial score (nSPS) is 26.3. The average molecular weight is 225 g/mol. The monoisotopic (exact) mass is 224 g/mol. The lowest BCUT2D eigenvalue weighted by atomic mass is 9.92. The van der Waals surface area contributed by atoms with Gasteiger partial charge >= 0.3 is 0 Å². The largest absolute Gasteiger partial charge is 0.381 e. The lowest BCUT2D eigenvalue weighted by molar-refractivity contribution is 0.411. The lowest BCUT2D eigenvalue weighted by Gasteiger charge is -2.27. The van der Waals surface area contributed by atoms with Crippen molar-refractivity contribution in [3.8, 4) is 0 Å². The molecule has 15 heavy (non-hydrogen) atoms. The van der Waals surface area contributed by atoms with Crippen LogP contribution in [0.3, 0.4) is 0 Å². The average Bonchev–Trinajstić information content (AvgIpc) is 2.25. The molecule has 3 heteroatoms. The summed E-state index contributed by atoms with van der Waals surface area (Å²) in [4.78, 5) is 0. The van der Waals surface area contributed by atoms with Gasteiger partial charge in [0, 0.05) is 12.1 Å². The van der Waals surface area contributed by atoms with Gasteiger partial charge in [0.1, 0.15) is 0 Å². The molecule has 0 aliphatic heterocycles. The summed E-state index contributed by atoms with van der Waals surface area (Å²) >= 11 is 6.08. The first-order valence-electron chi connectivity index (χ1n) is 5.52. The number of hydrogen-bond acceptors (Lipinski definition) is 2. The number of nitrogens with one attached hydrogen (secondary N) is 1. The number of para-hydroxylation sites is 1. The summed E-state index contributed by atoms with van der Waals surface area (Å²) in [5, 5.41) is 4.28. The maximum absolute atomic E-state index is 6.08. The number of halogens is 1. The third-order valence-corrected chi connectivity index (χ3v) is 3.33. The van der Waals surface area contributed by atoms with Crippen molar-refractivity contribution in [1.29, 1.82) is 0 Å². The third kappa shape index (κ3) is 2.86. The van der Waals surface area contributed by atoms with Crippen molar-refractivity contribution in [2.45, 2.75) is 37.8 Å². The molecule has 82 valence electrons. The Balaban J connectivity index is 1.95. The molecule has 1 saturated carbocycles. The van der Waals surface area contributed by atoms with Gasteiger partial charge in [-0.15, -0.1) is 0 Å². The van der Waals surface area contributed by atoms with Crippen molar-refractivity contribution in [2.75, 3.05) is 5.32 Å². The van der Waals surface area contributed by atoms with Crippen LogP contribution >= 0.6 is 11.6 Å². The topological polar surface area (TPSA) is 38.0 Å². The molecule has 0 radical (unpaired) electrons. The van der Waals surface area contributed by atoms with Gasteiger partial charge in [-0.25, -0.2) is 0 Å². The summed E-state index contributed by atoms with van der Waals surface area (Å²) in [6, 6.07) is 8.82. The van der Waals surface area contributed by atoms with Gasteiger partial charge in [-0.1, -0.05) is 23.7 Å². The Bertz CT molecular complexity index is 319. The highest BCUT2D eigenvalue weighted by atomic mass is 35.5. The number of rotatable bonds is 2. The Morgan fingerprint density at radius 1 is 1.13 bits per heavy atom. The molecule has 0 aromatic heterocycles.